The zero-order chi connectivity index (χ0) is 24.2. The van der Waals surface area contributed by atoms with Crippen molar-refractivity contribution in [3.05, 3.63) is 47.5 Å². The van der Waals surface area contributed by atoms with Gasteiger partial charge >= 0.3 is 0 Å². The van der Waals surface area contributed by atoms with E-state index in [0.29, 0.717) is 29.3 Å². The average molecular weight is 489 g/mol. The van der Waals surface area contributed by atoms with Crippen LogP contribution in [-0.4, -0.2) is 54.1 Å². The van der Waals surface area contributed by atoms with Crippen LogP contribution in [0.5, 0.6) is 23.0 Å². The predicted octanol–water partition coefficient (Wildman–Crippen LogP) is 3.21. The van der Waals surface area contributed by atoms with Gasteiger partial charge < -0.3 is 23.8 Å². The summed E-state index contributed by atoms with van der Waals surface area (Å²) in [7, 11) is 0. The molecule has 4 heterocycles. The Balaban J connectivity index is 1.18. The van der Waals surface area contributed by atoms with Gasteiger partial charge in [-0.2, -0.15) is 25.2 Å². The zero-order valence-electron chi connectivity index (χ0n) is 19.4. The second-order valence-electron chi connectivity index (χ2n) is 8.30. The molecule has 0 atom stereocenters. The van der Waals surface area contributed by atoms with E-state index in [1.807, 2.05) is 36.4 Å². The minimum atomic E-state index is 0.227. The highest BCUT2D eigenvalue weighted by Gasteiger charge is 2.17. The van der Waals surface area contributed by atoms with E-state index in [0.717, 1.165) is 48.6 Å². The number of ether oxygens (including phenoxy) is 4. The molecule has 3 aromatic rings. The first-order valence-electron chi connectivity index (χ1n) is 11.7. The molecule has 0 bridgehead atoms. The largest absolute Gasteiger partial charge is 0.454 e. The van der Waals surface area contributed by atoms with Gasteiger partial charge in [0.05, 0.1) is 12.4 Å². The number of rotatable bonds is 7. The lowest BCUT2D eigenvalue weighted by Crippen LogP contribution is -2.31. The molecular weight excluding hydrogens is 464 g/mol. The number of hydrazone groups is 2. The van der Waals surface area contributed by atoms with Gasteiger partial charge in [0.25, 0.3) is 0 Å². The van der Waals surface area contributed by atoms with Crippen LogP contribution in [0.1, 0.15) is 30.4 Å². The van der Waals surface area contributed by atoms with Gasteiger partial charge in [0.1, 0.15) is 0 Å². The summed E-state index contributed by atoms with van der Waals surface area (Å²) in [5, 5.41) is 8.58. The van der Waals surface area contributed by atoms with Crippen molar-refractivity contribution in [3.63, 3.8) is 0 Å². The first-order valence-corrected chi connectivity index (χ1v) is 11.7. The number of hydrogen-bond donors (Lipinski definition) is 2. The molecule has 3 aliphatic heterocycles. The highest BCUT2D eigenvalue weighted by atomic mass is 16.7. The SMILES string of the molecule is C(=N\Nc1nc(N/N=C/c2ccc3c(c2)OCO3)nc(N2CCCCC2)n1)/c1ccc2c(c1)OCO2. The highest BCUT2D eigenvalue weighted by Crippen LogP contribution is 2.33. The fraction of sp³-hybridized carbons (Fsp3) is 0.292. The van der Waals surface area contributed by atoms with Gasteiger partial charge in [0.2, 0.25) is 31.4 Å². The maximum atomic E-state index is 5.42. The lowest BCUT2D eigenvalue weighted by atomic mass is 10.1. The van der Waals surface area contributed by atoms with Crippen LogP contribution in [0.3, 0.4) is 0 Å². The Kier molecular flexibility index (Phi) is 6.04. The predicted molar refractivity (Wildman–Crippen MR) is 133 cm³/mol. The van der Waals surface area contributed by atoms with Gasteiger partial charge in [0.15, 0.2) is 23.0 Å². The van der Waals surface area contributed by atoms with E-state index in [9.17, 15) is 0 Å². The molecule has 0 unspecified atom stereocenters. The molecule has 1 aromatic heterocycles. The Labute approximate surface area is 207 Å². The number of aromatic nitrogens is 3. The number of piperidine rings is 1. The maximum absolute atomic E-state index is 5.42. The number of fused-ring (bicyclic) bond motifs is 2. The Morgan fingerprint density at radius 2 is 1.19 bits per heavy atom. The third-order valence-electron chi connectivity index (χ3n) is 5.81. The molecule has 6 rings (SSSR count). The molecule has 36 heavy (non-hydrogen) atoms. The van der Waals surface area contributed by atoms with Crippen LogP contribution >= 0.6 is 0 Å². The van der Waals surface area contributed by atoms with Gasteiger partial charge in [-0.05, 0) is 66.8 Å². The quantitative estimate of drug-likeness (QED) is 0.378. The van der Waals surface area contributed by atoms with Crippen LogP contribution in [-0.2, 0) is 0 Å². The summed E-state index contributed by atoms with van der Waals surface area (Å²) in [6.07, 6.45) is 6.73. The maximum Gasteiger partial charge on any atom is 0.250 e. The molecule has 1 saturated heterocycles. The van der Waals surface area contributed by atoms with Crippen molar-refractivity contribution < 1.29 is 18.9 Å². The van der Waals surface area contributed by atoms with E-state index in [1.54, 1.807) is 12.4 Å². The Morgan fingerprint density at radius 3 is 1.75 bits per heavy atom. The fourth-order valence-corrected chi connectivity index (χ4v) is 4.02. The van der Waals surface area contributed by atoms with Crippen LogP contribution in [0.2, 0.25) is 0 Å². The van der Waals surface area contributed by atoms with Crippen molar-refractivity contribution in [1.29, 1.82) is 0 Å². The lowest BCUT2D eigenvalue weighted by Gasteiger charge is -2.26. The molecule has 12 heteroatoms. The van der Waals surface area contributed by atoms with Crippen molar-refractivity contribution >= 4 is 30.3 Å². The van der Waals surface area contributed by atoms with Gasteiger partial charge in [-0.25, -0.2) is 10.9 Å². The lowest BCUT2D eigenvalue weighted by molar-refractivity contribution is 0.173. The van der Waals surface area contributed by atoms with Crippen LogP contribution in [0.15, 0.2) is 46.6 Å². The van der Waals surface area contributed by atoms with E-state index in [1.165, 1.54) is 6.42 Å². The van der Waals surface area contributed by atoms with Crippen LogP contribution in [0.25, 0.3) is 0 Å². The van der Waals surface area contributed by atoms with Crippen molar-refractivity contribution in [2.24, 2.45) is 10.2 Å². The molecule has 0 aliphatic carbocycles. The minimum Gasteiger partial charge on any atom is -0.454 e. The molecule has 1 fully saturated rings. The second kappa shape index (κ2) is 9.94. The molecule has 3 aliphatic rings. The van der Waals surface area contributed by atoms with E-state index in [2.05, 4.69) is 40.9 Å². The third kappa shape index (κ3) is 4.92. The molecule has 2 N–H and O–H groups in total. The number of benzene rings is 2. The number of anilines is 3. The Morgan fingerprint density at radius 1 is 0.667 bits per heavy atom. The van der Waals surface area contributed by atoms with Crippen LogP contribution in [0.4, 0.5) is 17.8 Å². The molecule has 0 spiro atoms. The molecule has 2 aromatic carbocycles. The van der Waals surface area contributed by atoms with E-state index < -0.39 is 0 Å². The molecule has 12 nitrogen and oxygen atoms in total. The third-order valence-corrected chi connectivity index (χ3v) is 5.81. The fourth-order valence-electron chi connectivity index (χ4n) is 4.02. The molecule has 0 saturated carbocycles. The monoisotopic (exact) mass is 488 g/mol. The van der Waals surface area contributed by atoms with Crippen molar-refractivity contribution in [2.75, 3.05) is 42.4 Å². The molecule has 0 amide bonds. The molecular formula is C24H24N8O4. The standard InChI is InChI=1S/C24H24N8O4/c1-2-8-32(9-3-1)24-28-22(30-25-12-16-4-6-18-20(10-16)35-14-33-18)27-23(29-24)31-26-13-17-5-7-19-21(11-17)36-15-34-19/h4-7,10-13H,1-3,8-9,14-15H2,(H2,27,28,29,30,31)/b25-12+,26-13+. The van der Waals surface area contributed by atoms with Crippen molar-refractivity contribution in [2.45, 2.75) is 19.3 Å². The number of nitrogens with zero attached hydrogens (tertiary/aromatic N) is 6. The summed E-state index contributed by atoms with van der Waals surface area (Å²) in [5.41, 5.74) is 7.51. The van der Waals surface area contributed by atoms with Crippen LogP contribution < -0.4 is 34.7 Å². The summed E-state index contributed by atoms with van der Waals surface area (Å²) in [6.45, 7) is 2.24. The normalized spacial score (nSPS) is 16.2. The van der Waals surface area contributed by atoms with Gasteiger partial charge in [-0.15, -0.1) is 0 Å². The Bertz CT molecular complexity index is 1220. The minimum absolute atomic E-state index is 0.227. The van der Waals surface area contributed by atoms with Gasteiger partial charge in [0, 0.05) is 13.1 Å². The van der Waals surface area contributed by atoms with Crippen molar-refractivity contribution in [1.82, 2.24) is 15.0 Å². The van der Waals surface area contributed by atoms with E-state index in [-0.39, 0.29) is 13.6 Å². The zero-order valence-corrected chi connectivity index (χ0v) is 19.4. The Hall–Kier alpha value is -4.61. The first kappa shape index (κ1) is 21.9. The second-order valence-corrected chi connectivity index (χ2v) is 8.30. The van der Waals surface area contributed by atoms with E-state index >= 15 is 0 Å². The highest BCUT2D eigenvalue weighted by molar-refractivity contribution is 5.82. The number of hydrogen-bond acceptors (Lipinski definition) is 12. The summed E-state index contributed by atoms with van der Waals surface area (Å²) < 4.78 is 21.5. The average Bonchev–Trinajstić information content (AvgIpc) is 3.58. The van der Waals surface area contributed by atoms with Gasteiger partial charge in [-0.3, -0.25) is 0 Å². The summed E-state index contributed by atoms with van der Waals surface area (Å²) in [5.74, 6) is 4.02. The van der Waals surface area contributed by atoms with Crippen LogP contribution in [0, 0.1) is 0 Å². The number of nitrogens with one attached hydrogen (secondary N) is 2. The summed E-state index contributed by atoms with van der Waals surface area (Å²) in [6, 6.07) is 11.2. The molecule has 184 valence electrons. The van der Waals surface area contributed by atoms with Gasteiger partial charge in [-0.1, -0.05) is 0 Å². The smallest absolute Gasteiger partial charge is 0.250 e. The summed E-state index contributed by atoms with van der Waals surface area (Å²) in [4.78, 5) is 15.7. The summed E-state index contributed by atoms with van der Waals surface area (Å²) >= 11 is 0. The topological polar surface area (TPSA) is 128 Å². The van der Waals surface area contributed by atoms with E-state index in [4.69, 9.17) is 18.9 Å². The van der Waals surface area contributed by atoms with Crippen molar-refractivity contribution in [3.8, 4) is 23.0 Å². The molecule has 0 radical (unpaired) electrons. The first-order chi connectivity index (χ1) is 17.8.